The monoisotopic (exact) mass is 932 g/mol. The van der Waals surface area contributed by atoms with Gasteiger partial charge in [-0.3, -0.25) is 9.59 Å². The molecule has 0 aromatic carbocycles. The van der Waals surface area contributed by atoms with E-state index in [0.29, 0.717) is 25.9 Å². The van der Waals surface area contributed by atoms with Crippen LogP contribution in [-0.2, 0) is 14.3 Å². The summed E-state index contributed by atoms with van der Waals surface area (Å²) < 4.78 is 5.46. The Bertz CT molecular complexity index is 986. The summed E-state index contributed by atoms with van der Waals surface area (Å²) >= 11 is 0. The molecule has 0 radical (unpaired) electrons. The standard InChI is InChI=1S/C60H117NO5/c1-3-5-7-9-11-13-15-16-26-29-33-36-40-44-48-52-58(63)57(56-62)61-59(64)53-49-45-41-37-34-30-27-24-22-20-18-17-19-21-23-25-28-31-35-39-43-47-51-55-66-60(65)54-50-46-42-38-32-14-12-10-8-6-4-2/h10,12,57-58,62-63H,3-9,11,13-56H2,1-2H3,(H,61,64)/b12-10-. The molecule has 6 heteroatoms. The second-order valence-corrected chi connectivity index (χ2v) is 20.7. The fraction of sp³-hybridized carbons (Fsp3) is 0.933. The quantitative estimate of drug-likeness (QED) is 0.0321. The lowest BCUT2D eigenvalue weighted by Gasteiger charge is -2.22. The highest BCUT2D eigenvalue weighted by molar-refractivity contribution is 5.76. The molecular weight excluding hydrogens is 815 g/mol. The summed E-state index contributed by atoms with van der Waals surface area (Å²) in [5, 5.41) is 23.3. The van der Waals surface area contributed by atoms with Crippen LogP contribution in [0.15, 0.2) is 12.2 Å². The number of carbonyl (C=O) groups excluding carboxylic acids is 2. The van der Waals surface area contributed by atoms with E-state index in [9.17, 15) is 19.8 Å². The van der Waals surface area contributed by atoms with E-state index in [1.807, 2.05) is 0 Å². The van der Waals surface area contributed by atoms with E-state index in [1.54, 1.807) is 0 Å². The minimum Gasteiger partial charge on any atom is -0.466 e. The van der Waals surface area contributed by atoms with Gasteiger partial charge in [0, 0.05) is 12.8 Å². The Kier molecular flexibility index (Phi) is 55.0. The lowest BCUT2D eigenvalue weighted by molar-refractivity contribution is -0.143. The van der Waals surface area contributed by atoms with Crippen molar-refractivity contribution >= 4 is 11.9 Å². The molecule has 0 aliphatic carbocycles. The van der Waals surface area contributed by atoms with Crippen molar-refractivity contribution in [3.05, 3.63) is 12.2 Å². The number of amides is 1. The first-order valence-corrected chi connectivity index (χ1v) is 29.9. The topological polar surface area (TPSA) is 95.9 Å². The van der Waals surface area contributed by atoms with Crippen molar-refractivity contribution in [2.45, 2.75) is 347 Å². The lowest BCUT2D eigenvalue weighted by atomic mass is 10.0. The predicted molar refractivity (Wildman–Crippen MR) is 287 cm³/mol. The number of aliphatic hydroxyl groups is 2. The number of hydrogen-bond acceptors (Lipinski definition) is 5. The highest BCUT2D eigenvalue weighted by Gasteiger charge is 2.20. The summed E-state index contributed by atoms with van der Waals surface area (Å²) in [6.07, 6.45) is 66.4. The Labute approximate surface area is 412 Å². The second-order valence-electron chi connectivity index (χ2n) is 20.7. The van der Waals surface area contributed by atoms with Crippen molar-refractivity contribution < 1.29 is 24.5 Å². The molecule has 392 valence electrons. The minimum absolute atomic E-state index is 0.00377. The third-order valence-electron chi connectivity index (χ3n) is 14.1. The molecule has 0 saturated carbocycles. The summed E-state index contributed by atoms with van der Waals surface area (Å²) in [6.45, 7) is 4.93. The number of ether oxygens (including phenoxy) is 1. The fourth-order valence-electron chi connectivity index (χ4n) is 9.45. The molecule has 0 bridgehead atoms. The van der Waals surface area contributed by atoms with Crippen LogP contribution < -0.4 is 5.32 Å². The van der Waals surface area contributed by atoms with Crippen LogP contribution in [-0.4, -0.2) is 47.4 Å². The summed E-state index contributed by atoms with van der Waals surface area (Å²) in [4.78, 5) is 24.5. The van der Waals surface area contributed by atoms with Crippen molar-refractivity contribution in [1.82, 2.24) is 5.32 Å². The van der Waals surface area contributed by atoms with Crippen molar-refractivity contribution in [3.8, 4) is 0 Å². The van der Waals surface area contributed by atoms with Crippen LogP contribution in [0, 0.1) is 0 Å². The van der Waals surface area contributed by atoms with E-state index in [1.165, 1.54) is 257 Å². The normalized spacial score (nSPS) is 12.6. The molecular formula is C60H117NO5. The average molecular weight is 933 g/mol. The van der Waals surface area contributed by atoms with Gasteiger partial charge in [0.15, 0.2) is 0 Å². The molecule has 0 aromatic rings. The number of nitrogens with one attached hydrogen (secondary N) is 1. The van der Waals surface area contributed by atoms with Crippen LogP contribution in [0.1, 0.15) is 335 Å². The number of aliphatic hydroxyl groups excluding tert-OH is 2. The van der Waals surface area contributed by atoms with Gasteiger partial charge >= 0.3 is 5.97 Å². The molecule has 2 unspecified atom stereocenters. The smallest absolute Gasteiger partial charge is 0.305 e. The molecule has 66 heavy (non-hydrogen) atoms. The molecule has 0 spiro atoms. The van der Waals surface area contributed by atoms with E-state index < -0.39 is 12.1 Å². The molecule has 0 fully saturated rings. The number of rotatable bonds is 56. The highest BCUT2D eigenvalue weighted by atomic mass is 16.5. The van der Waals surface area contributed by atoms with Gasteiger partial charge in [0.25, 0.3) is 0 Å². The fourth-order valence-corrected chi connectivity index (χ4v) is 9.45. The van der Waals surface area contributed by atoms with Gasteiger partial charge < -0.3 is 20.3 Å². The van der Waals surface area contributed by atoms with Crippen LogP contribution in [0.2, 0.25) is 0 Å². The van der Waals surface area contributed by atoms with Crippen LogP contribution in [0.3, 0.4) is 0 Å². The molecule has 0 saturated heterocycles. The maximum Gasteiger partial charge on any atom is 0.305 e. The van der Waals surface area contributed by atoms with Gasteiger partial charge in [0.1, 0.15) is 0 Å². The van der Waals surface area contributed by atoms with Gasteiger partial charge in [-0.15, -0.1) is 0 Å². The predicted octanol–water partition coefficient (Wildman–Crippen LogP) is 18.5. The zero-order valence-electron chi connectivity index (χ0n) is 44.7. The van der Waals surface area contributed by atoms with E-state index >= 15 is 0 Å². The third-order valence-corrected chi connectivity index (χ3v) is 14.1. The molecule has 0 aromatic heterocycles. The Morgan fingerprint density at radius 2 is 0.727 bits per heavy atom. The van der Waals surface area contributed by atoms with Gasteiger partial charge in [0.05, 0.1) is 25.4 Å². The van der Waals surface area contributed by atoms with Crippen molar-refractivity contribution in [3.63, 3.8) is 0 Å². The van der Waals surface area contributed by atoms with Gasteiger partial charge in [-0.05, 0) is 44.9 Å². The molecule has 1 amide bonds. The number of hydrogen-bond donors (Lipinski definition) is 3. The molecule has 0 rings (SSSR count). The van der Waals surface area contributed by atoms with E-state index in [4.69, 9.17) is 4.74 Å². The van der Waals surface area contributed by atoms with E-state index in [2.05, 4.69) is 31.3 Å². The van der Waals surface area contributed by atoms with Gasteiger partial charge in [-0.1, -0.05) is 289 Å². The zero-order chi connectivity index (χ0) is 47.9. The lowest BCUT2D eigenvalue weighted by Crippen LogP contribution is -2.45. The summed E-state index contributed by atoms with van der Waals surface area (Å²) in [6, 6.07) is -0.540. The zero-order valence-corrected chi connectivity index (χ0v) is 44.7. The largest absolute Gasteiger partial charge is 0.466 e. The molecule has 2 atom stereocenters. The molecule has 6 nitrogen and oxygen atoms in total. The summed E-state index contributed by atoms with van der Waals surface area (Å²) in [7, 11) is 0. The highest BCUT2D eigenvalue weighted by Crippen LogP contribution is 2.18. The maximum absolute atomic E-state index is 12.5. The number of allylic oxidation sites excluding steroid dienone is 2. The van der Waals surface area contributed by atoms with Gasteiger partial charge in [0.2, 0.25) is 5.91 Å². The summed E-state index contributed by atoms with van der Waals surface area (Å²) in [5.74, 6) is -0.0285. The van der Waals surface area contributed by atoms with Gasteiger partial charge in [-0.2, -0.15) is 0 Å². The first-order valence-electron chi connectivity index (χ1n) is 29.9. The number of unbranched alkanes of at least 4 members (excludes halogenated alkanes) is 43. The Morgan fingerprint density at radius 1 is 0.409 bits per heavy atom. The summed E-state index contributed by atoms with van der Waals surface area (Å²) in [5.41, 5.74) is 0. The van der Waals surface area contributed by atoms with Crippen LogP contribution >= 0.6 is 0 Å². The maximum atomic E-state index is 12.5. The number of esters is 1. The Morgan fingerprint density at radius 3 is 1.12 bits per heavy atom. The Balaban J connectivity index is 3.37. The van der Waals surface area contributed by atoms with Crippen molar-refractivity contribution in [2.24, 2.45) is 0 Å². The third kappa shape index (κ3) is 52.0. The van der Waals surface area contributed by atoms with Crippen LogP contribution in [0.5, 0.6) is 0 Å². The van der Waals surface area contributed by atoms with E-state index in [-0.39, 0.29) is 18.5 Å². The second kappa shape index (κ2) is 56.2. The molecule has 0 aliphatic rings. The van der Waals surface area contributed by atoms with Crippen LogP contribution in [0.4, 0.5) is 0 Å². The first kappa shape index (κ1) is 64.6. The SMILES string of the molecule is CCCC/C=C\CCCCCCCC(=O)OCCCCCCCCCCCCCCCCCCCCCCCCCC(=O)NC(CO)C(O)CCCCCCCCCCCCCCCCC. The first-order chi connectivity index (χ1) is 32.5. The van der Waals surface area contributed by atoms with Gasteiger partial charge in [-0.25, -0.2) is 0 Å². The molecule has 0 heterocycles. The molecule has 3 N–H and O–H groups in total. The average Bonchev–Trinajstić information content (AvgIpc) is 3.32. The van der Waals surface area contributed by atoms with Crippen LogP contribution in [0.25, 0.3) is 0 Å². The Hall–Kier alpha value is -1.40. The molecule has 0 aliphatic heterocycles. The number of carbonyl (C=O) groups is 2. The van der Waals surface area contributed by atoms with Crippen molar-refractivity contribution in [1.29, 1.82) is 0 Å². The van der Waals surface area contributed by atoms with Crippen molar-refractivity contribution in [2.75, 3.05) is 13.2 Å². The minimum atomic E-state index is -0.663. The van der Waals surface area contributed by atoms with E-state index in [0.717, 1.165) is 44.9 Å².